The van der Waals surface area contributed by atoms with Gasteiger partial charge in [-0.3, -0.25) is 4.90 Å². The fourth-order valence-corrected chi connectivity index (χ4v) is 3.15. The highest BCUT2D eigenvalue weighted by Crippen LogP contribution is 2.31. The minimum atomic E-state index is 0.157. The number of methoxy groups -OCH3 is 1. The maximum absolute atomic E-state index is 5.47. The molecule has 1 N–H and O–H groups in total. The Balaban J connectivity index is 1.98. The van der Waals surface area contributed by atoms with Gasteiger partial charge in [-0.2, -0.15) is 0 Å². The Bertz CT molecular complexity index is 382. The SMILES string of the molecule is COCC(CNC(C)(C)C)N(Cc1cccs1)C1CC1. The molecule has 1 saturated carbocycles. The summed E-state index contributed by atoms with van der Waals surface area (Å²) in [7, 11) is 1.81. The van der Waals surface area contributed by atoms with E-state index >= 15 is 0 Å². The molecule has 2 rings (SSSR count). The number of hydrogen-bond acceptors (Lipinski definition) is 4. The number of rotatable bonds is 8. The molecule has 20 heavy (non-hydrogen) atoms. The summed E-state index contributed by atoms with van der Waals surface area (Å²) < 4.78 is 5.47. The molecule has 3 nitrogen and oxygen atoms in total. The monoisotopic (exact) mass is 296 g/mol. The molecule has 0 aliphatic heterocycles. The molecular formula is C16H28N2OS. The summed E-state index contributed by atoms with van der Waals surface area (Å²) in [4.78, 5) is 4.09. The van der Waals surface area contributed by atoms with Crippen LogP contribution in [-0.2, 0) is 11.3 Å². The number of ether oxygens (including phenoxy) is 1. The number of hydrogen-bond donors (Lipinski definition) is 1. The molecule has 114 valence electrons. The standard InChI is InChI=1S/C16H28N2OS/c1-16(2,3)17-10-14(12-19-4)18(13-7-8-13)11-15-6-5-9-20-15/h5-6,9,13-14,17H,7-8,10-12H2,1-4H3. The van der Waals surface area contributed by atoms with Gasteiger partial charge in [0.2, 0.25) is 0 Å². The minimum absolute atomic E-state index is 0.157. The molecule has 1 atom stereocenters. The van der Waals surface area contributed by atoms with Gasteiger partial charge in [0.15, 0.2) is 0 Å². The quantitative estimate of drug-likeness (QED) is 0.798. The van der Waals surface area contributed by atoms with E-state index in [1.807, 2.05) is 11.3 Å². The van der Waals surface area contributed by atoms with E-state index in [0.29, 0.717) is 6.04 Å². The van der Waals surface area contributed by atoms with Gasteiger partial charge < -0.3 is 10.1 Å². The van der Waals surface area contributed by atoms with Gasteiger partial charge in [0.25, 0.3) is 0 Å². The number of nitrogens with zero attached hydrogens (tertiary/aromatic N) is 1. The maximum Gasteiger partial charge on any atom is 0.0630 e. The first-order valence-corrected chi connectivity index (χ1v) is 8.39. The average molecular weight is 296 g/mol. The molecule has 0 bridgehead atoms. The third-order valence-electron chi connectivity index (χ3n) is 3.63. The summed E-state index contributed by atoms with van der Waals surface area (Å²) in [6.07, 6.45) is 2.67. The molecule has 1 aliphatic carbocycles. The van der Waals surface area contributed by atoms with E-state index in [9.17, 15) is 0 Å². The van der Waals surface area contributed by atoms with Crippen molar-refractivity contribution in [1.29, 1.82) is 0 Å². The van der Waals surface area contributed by atoms with E-state index in [1.54, 1.807) is 7.11 Å². The van der Waals surface area contributed by atoms with Crippen molar-refractivity contribution in [1.82, 2.24) is 10.2 Å². The van der Waals surface area contributed by atoms with Crippen LogP contribution in [0.5, 0.6) is 0 Å². The van der Waals surface area contributed by atoms with Crippen molar-refractivity contribution >= 4 is 11.3 Å². The first-order valence-electron chi connectivity index (χ1n) is 7.51. The largest absolute Gasteiger partial charge is 0.383 e. The lowest BCUT2D eigenvalue weighted by Gasteiger charge is -2.33. The summed E-state index contributed by atoms with van der Waals surface area (Å²) in [5, 5.41) is 5.80. The van der Waals surface area contributed by atoms with Crippen molar-refractivity contribution in [3.8, 4) is 0 Å². The van der Waals surface area contributed by atoms with Gasteiger partial charge in [-0.05, 0) is 45.1 Å². The van der Waals surface area contributed by atoms with Crippen LogP contribution < -0.4 is 5.32 Å². The van der Waals surface area contributed by atoms with Crippen LogP contribution in [0.2, 0.25) is 0 Å². The van der Waals surface area contributed by atoms with Crippen LogP contribution in [0.3, 0.4) is 0 Å². The molecule has 0 spiro atoms. The lowest BCUT2D eigenvalue weighted by atomic mass is 10.1. The Labute approximate surface area is 127 Å². The second kappa shape index (κ2) is 7.03. The second-order valence-electron chi connectivity index (χ2n) is 6.72. The smallest absolute Gasteiger partial charge is 0.0630 e. The fraction of sp³-hybridized carbons (Fsp3) is 0.750. The van der Waals surface area contributed by atoms with E-state index in [1.165, 1.54) is 17.7 Å². The molecule has 4 heteroatoms. The van der Waals surface area contributed by atoms with Gasteiger partial charge in [0.05, 0.1) is 6.61 Å². The van der Waals surface area contributed by atoms with E-state index in [4.69, 9.17) is 4.74 Å². The third-order valence-corrected chi connectivity index (χ3v) is 4.49. The van der Waals surface area contributed by atoms with Crippen molar-refractivity contribution in [2.45, 2.75) is 57.8 Å². The van der Waals surface area contributed by atoms with Crippen molar-refractivity contribution in [2.75, 3.05) is 20.3 Å². The predicted molar refractivity (Wildman–Crippen MR) is 86.3 cm³/mol. The van der Waals surface area contributed by atoms with Crippen LogP contribution in [0, 0.1) is 0 Å². The van der Waals surface area contributed by atoms with Crippen molar-refractivity contribution in [3.63, 3.8) is 0 Å². The average Bonchev–Trinajstić information content (AvgIpc) is 3.08. The topological polar surface area (TPSA) is 24.5 Å². The lowest BCUT2D eigenvalue weighted by molar-refractivity contribution is 0.0757. The normalized spacial score (nSPS) is 17.6. The Kier molecular flexibility index (Phi) is 5.61. The summed E-state index contributed by atoms with van der Waals surface area (Å²) in [5.74, 6) is 0. The zero-order chi connectivity index (χ0) is 14.6. The number of nitrogens with one attached hydrogen (secondary N) is 1. The van der Waals surface area contributed by atoms with Crippen LogP contribution >= 0.6 is 11.3 Å². The molecule has 1 aromatic heterocycles. The van der Waals surface area contributed by atoms with Crippen LogP contribution in [0.25, 0.3) is 0 Å². The lowest BCUT2D eigenvalue weighted by Crippen LogP contribution is -2.50. The molecule has 1 unspecified atom stereocenters. The Morgan fingerprint density at radius 3 is 2.70 bits per heavy atom. The Morgan fingerprint density at radius 1 is 1.45 bits per heavy atom. The third kappa shape index (κ3) is 5.17. The molecule has 0 radical (unpaired) electrons. The molecule has 1 aliphatic rings. The summed E-state index contributed by atoms with van der Waals surface area (Å²) in [5.41, 5.74) is 0.157. The van der Waals surface area contributed by atoms with Gasteiger partial charge in [-0.1, -0.05) is 6.07 Å². The zero-order valence-corrected chi connectivity index (χ0v) is 14.0. The van der Waals surface area contributed by atoms with Gasteiger partial charge in [0, 0.05) is 42.7 Å². The van der Waals surface area contributed by atoms with Crippen LogP contribution in [0.15, 0.2) is 17.5 Å². The summed E-state index contributed by atoms with van der Waals surface area (Å²) in [6, 6.07) is 5.58. The highest BCUT2D eigenvalue weighted by atomic mass is 32.1. The van der Waals surface area contributed by atoms with E-state index in [-0.39, 0.29) is 5.54 Å². The Hall–Kier alpha value is -0.420. The summed E-state index contributed by atoms with van der Waals surface area (Å²) in [6.45, 7) is 9.50. The first-order chi connectivity index (χ1) is 9.49. The van der Waals surface area contributed by atoms with E-state index < -0.39 is 0 Å². The van der Waals surface area contributed by atoms with Gasteiger partial charge in [-0.15, -0.1) is 11.3 Å². The van der Waals surface area contributed by atoms with Crippen LogP contribution in [-0.4, -0.2) is 42.8 Å². The Morgan fingerprint density at radius 2 is 2.20 bits per heavy atom. The van der Waals surface area contributed by atoms with Gasteiger partial charge in [-0.25, -0.2) is 0 Å². The maximum atomic E-state index is 5.47. The van der Waals surface area contributed by atoms with Crippen LogP contribution in [0.4, 0.5) is 0 Å². The highest BCUT2D eigenvalue weighted by molar-refractivity contribution is 7.09. The molecule has 0 saturated heterocycles. The van der Waals surface area contributed by atoms with E-state index in [0.717, 1.165) is 25.7 Å². The molecule has 1 aromatic rings. The van der Waals surface area contributed by atoms with Gasteiger partial charge in [0.1, 0.15) is 0 Å². The molecule has 0 aromatic carbocycles. The summed E-state index contributed by atoms with van der Waals surface area (Å²) >= 11 is 1.85. The van der Waals surface area contributed by atoms with Crippen molar-refractivity contribution in [2.24, 2.45) is 0 Å². The minimum Gasteiger partial charge on any atom is -0.383 e. The van der Waals surface area contributed by atoms with E-state index in [2.05, 4.69) is 48.5 Å². The van der Waals surface area contributed by atoms with Crippen LogP contribution in [0.1, 0.15) is 38.5 Å². The van der Waals surface area contributed by atoms with Gasteiger partial charge >= 0.3 is 0 Å². The zero-order valence-electron chi connectivity index (χ0n) is 13.2. The molecular weight excluding hydrogens is 268 g/mol. The highest BCUT2D eigenvalue weighted by Gasteiger charge is 2.34. The first kappa shape index (κ1) is 16.0. The second-order valence-corrected chi connectivity index (χ2v) is 7.76. The molecule has 1 heterocycles. The number of thiophene rings is 1. The van der Waals surface area contributed by atoms with Crippen molar-refractivity contribution < 1.29 is 4.74 Å². The predicted octanol–water partition coefficient (Wildman–Crippen LogP) is 3.12. The fourth-order valence-electron chi connectivity index (χ4n) is 2.43. The van der Waals surface area contributed by atoms with Crippen molar-refractivity contribution in [3.05, 3.63) is 22.4 Å². The molecule has 0 amide bonds. The molecule has 1 fully saturated rings.